The minimum atomic E-state index is -6.10. The van der Waals surface area contributed by atoms with E-state index in [1.165, 1.54) is 0 Å². The highest BCUT2D eigenvalue weighted by Crippen LogP contribution is 2.40. The molecule has 1 rings (SSSR count). The van der Waals surface area contributed by atoms with E-state index in [4.69, 9.17) is 0 Å². The number of ether oxygens (including phenoxy) is 1. The van der Waals surface area contributed by atoms with Crippen molar-refractivity contribution in [3.63, 3.8) is 0 Å². The Morgan fingerprint density at radius 1 is 0.815 bits per heavy atom. The minimum Gasteiger partial charge on any atom is -0.352 e. The Bertz CT molecular complexity index is 537. The fourth-order valence-electron chi connectivity index (χ4n) is 2.04. The van der Waals surface area contributed by atoms with Crippen molar-refractivity contribution in [1.29, 1.82) is 0 Å². The van der Waals surface area contributed by atoms with Gasteiger partial charge < -0.3 is 9.64 Å². The number of allylic oxidation sites excluding steroid dienone is 1. The molecule has 160 valence electrons. The Morgan fingerprint density at radius 2 is 1.19 bits per heavy atom. The van der Waals surface area contributed by atoms with Crippen LogP contribution in [-0.2, 0) is 4.74 Å². The first kappa shape index (κ1) is 23.4. The molecule has 1 aliphatic rings. The van der Waals surface area contributed by atoms with E-state index in [-0.39, 0.29) is 7.05 Å². The second kappa shape index (κ2) is 7.09. The first-order valence-corrected chi connectivity index (χ1v) is 6.57. The normalized spacial score (nSPS) is 24.0. The molecule has 1 fully saturated rings. The molecule has 0 bridgehead atoms. The molecule has 1 aliphatic heterocycles. The van der Waals surface area contributed by atoms with Gasteiger partial charge in [-0.2, -0.15) is 57.1 Å². The molecule has 16 heteroatoms. The maximum atomic E-state index is 13.6. The lowest BCUT2D eigenvalue weighted by Gasteiger charge is -2.43. The molecule has 1 heterocycles. The standard InChI is InChI=1S/C11H9F13N2O/c1-25(11(22,23)24)7(6(12)10(19,20)21)26-2-4(8(13,14)15)27-5(3-26)9(16,17)18/h4-5H,2-3H2,1H3/b7-6-. The van der Waals surface area contributed by atoms with Gasteiger partial charge in [0.1, 0.15) is 0 Å². The Labute approximate surface area is 141 Å². The Hall–Kier alpha value is -1.61. The Morgan fingerprint density at radius 3 is 1.44 bits per heavy atom. The van der Waals surface area contributed by atoms with Crippen LogP contribution in [0.2, 0.25) is 0 Å². The van der Waals surface area contributed by atoms with Gasteiger partial charge in [-0.15, -0.1) is 0 Å². The number of rotatable bonds is 2. The third-order valence-electron chi connectivity index (χ3n) is 3.27. The number of halogens is 13. The highest BCUT2D eigenvalue weighted by Gasteiger charge is 2.55. The lowest BCUT2D eigenvalue weighted by Crippen LogP contribution is -2.59. The molecule has 27 heavy (non-hydrogen) atoms. The number of nitrogens with zero attached hydrogens (tertiary/aromatic N) is 2. The molecule has 0 spiro atoms. The molecular formula is C11H9F13N2O. The minimum absolute atomic E-state index is 0.179. The van der Waals surface area contributed by atoms with Crippen LogP contribution in [0, 0.1) is 0 Å². The van der Waals surface area contributed by atoms with Crippen LogP contribution in [0.3, 0.4) is 0 Å². The molecule has 0 amide bonds. The van der Waals surface area contributed by atoms with Crippen molar-refractivity contribution in [2.24, 2.45) is 0 Å². The van der Waals surface area contributed by atoms with Crippen LogP contribution < -0.4 is 0 Å². The molecule has 0 aromatic rings. The first-order chi connectivity index (χ1) is 11.8. The Kier molecular flexibility index (Phi) is 6.15. The van der Waals surface area contributed by atoms with Crippen LogP contribution in [0.25, 0.3) is 0 Å². The summed E-state index contributed by atoms with van der Waals surface area (Å²) in [5.41, 5.74) is 0. The molecule has 0 radical (unpaired) electrons. The number of morpholine rings is 1. The van der Waals surface area contributed by atoms with E-state index < -0.39 is 71.6 Å². The van der Waals surface area contributed by atoms with Gasteiger partial charge in [0.25, 0.3) is 0 Å². The van der Waals surface area contributed by atoms with Crippen molar-refractivity contribution < 1.29 is 61.8 Å². The first-order valence-electron chi connectivity index (χ1n) is 6.57. The summed E-state index contributed by atoms with van der Waals surface area (Å²) < 4.78 is 169. The van der Waals surface area contributed by atoms with Crippen molar-refractivity contribution in [2.75, 3.05) is 20.1 Å². The van der Waals surface area contributed by atoms with Crippen molar-refractivity contribution in [3.8, 4) is 0 Å². The molecule has 1 saturated heterocycles. The van der Waals surface area contributed by atoms with Crippen LogP contribution in [0.4, 0.5) is 57.1 Å². The zero-order valence-corrected chi connectivity index (χ0v) is 12.8. The average molecular weight is 432 g/mol. The van der Waals surface area contributed by atoms with Crippen LogP contribution in [0.5, 0.6) is 0 Å². The molecule has 0 N–H and O–H groups in total. The molecule has 2 atom stereocenters. The fraction of sp³-hybridized carbons (Fsp3) is 0.818. The smallest absolute Gasteiger partial charge is 0.352 e. The highest BCUT2D eigenvalue weighted by molar-refractivity contribution is 5.13. The van der Waals surface area contributed by atoms with E-state index in [2.05, 4.69) is 4.74 Å². The van der Waals surface area contributed by atoms with E-state index in [1.807, 2.05) is 0 Å². The predicted molar refractivity (Wildman–Crippen MR) is 60.4 cm³/mol. The van der Waals surface area contributed by atoms with Gasteiger partial charge in [-0.3, -0.25) is 4.90 Å². The van der Waals surface area contributed by atoms with Gasteiger partial charge in [-0.1, -0.05) is 0 Å². The molecular weight excluding hydrogens is 423 g/mol. The predicted octanol–water partition coefficient (Wildman–Crippen LogP) is 4.33. The topological polar surface area (TPSA) is 15.7 Å². The largest absolute Gasteiger partial charge is 0.485 e. The van der Waals surface area contributed by atoms with E-state index in [9.17, 15) is 57.1 Å². The molecule has 2 unspecified atom stereocenters. The third kappa shape index (κ3) is 5.68. The molecule has 0 saturated carbocycles. The molecule has 0 aliphatic carbocycles. The SMILES string of the molecule is CN(/C(=C(/F)C(F)(F)F)N1CC(C(F)(F)F)OC(C(F)(F)F)C1)C(F)(F)F. The summed E-state index contributed by atoms with van der Waals surface area (Å²) in [4.78, 5) is -2.00. The van der Waals surface area contributed by atoms with Gasteiger partial charge in [0.2, 0.25) is 5.83 Å². The third-order valence-corrected chi connectivity index (χ3v) is 3.27. The maximum Gasteiger partial charge on any atom is 0.485 e. The zero-order chi connectivity index (χ0) is 21.6. The number of hydrogen-bond donors (Lipinski definition) is 0. The zero-order valence-electron chi connectivity index (χ0n) is 12.8. The van der Waals surface area contributed by atoms with Gasteiger partial charge in [-0.05, 0) is 0 Å². The summed E-state index contributed by atoms with van der Waals surface area (Å²) in [7, 11) is -0.179. The highest BCUT2D eigenvalue weighted by atomic mass is 19.4. The van der Waals surface area contributed by atoms with Gasteiger partial charge in [0.05, 0.1) is 13.1 Å². The van der Waals surface area contributed by atoms with Crippen LogP contribution in [-0.4, -0.2) is 67.0 Å². The van der Waals surface area contributed by atoms with Crippen LogP contribution >= 0.6 is 0 Å². The summed E-state index contributed by atoms with van der Waals surface area (Å²) in [5, 5.41) is 0. The van der Waals surface area contributed by atoms with E-state index in [1.54, 1.807) is 0 Å². The summed E-state index contributed by atoms with van der Waals surface area (Å²) in [6.45, 7) is -3.84. The molecule has 0 aromatic heterocycles. The lowest BCUT2D eigenvalue weighted by atomic mass is 10.2. The summed E-state index contributed by atoms with van der Waals surface area (Å²) in [6.07, 6.45) is -29.8. The maximum absolute atomic E-state index is 13.6. The molecule has 3 nitrogen and oxygen atoms in total. The summed E-state index contributed by atoms with van der Waals surface area (Å²) >= 11 is 0. The van der Waals surface area contributed by atoms with Gasteiger partial charge in [0, 0.05) is 7.05 Å². The molecule has 0 aromatic carbocycles. The number of alkyl halides is 12. The van der Waals surface area contributed by atoms with Crippen molar-refractivity contribution >= 4 is 0 Å². The van der Waals surface area contributed by atoms with Crippen LogP contribution in [0.15, 0.2) is 11.6 Å². The summed E-state index contributed by atoms with van der Waals surface area (Å²) in [5.74, 6) is -6.05. The van der Waals surface area contributed by atoms with Gasteiger partial charge in [0.15, 0.2) is 18.0 Å². The van der Waals surface area contributed by atoms with Gasteiger partial charge in [-0.25, -0.2) is 0 Å². The number of hydrogen-bond acceptors (Lipinski definition) is 3. The fourth-order valence-corrected chi connectivity index (χ4v) is 2.04. The summed E-state index contributed by atoms with van der Waals surface area (Å²) in [6, 6.07) is 0. The van der Waals surface area contributed by atoms with E-state index >= 15 is 0 Å². The average Bonchev–Trinajstić information content (AvgIpc) is 2.43. The Balaban J connectivity index is 3.50. The van der Waals surface area contributed by atoms with Gasteiger partial charge >= 0.3 is 24.8 Å². The van der Waals surface area contributed by atoms with E-state index in [0.29, 0.717) is 0 Å². The van der Waals surface area contributed by atoms with Crippen LogP contribution in [0.1, 0.15) is 0 Å². The monoisotopic (exact) mass is 432 g/mol. The second-order valence-electron chi connectivity index (χ2n) is 5.26. The van der Waals surface area contributed by atoms with Crippen molar-refractivity contribution in [3.05, 3.63) is 11.6 Å². The van der Waals surface area contributed by atoms with Crippen molar-refractivity contribution in [2.45, 2.75) is 37.0 Å². The van der Waals surface area contributed by atoms with Crippen molar-refractivity contribution in [1.82, 2.24) is 9.80 Å². The van der Waals surface area contributed by atoms with E-state index in [0.717, 1.165) is 0 Å². The quantitative estimate of drug-likeness (QED) is 0.478. The second-order valence-corrected chi connectivity index (χ2v) is 5.26. The lowest BCUT2D eigenvalue weighted by molar-refractivity contribution is -0.309.